The Hall–Kier alpha value is -4.29. The van der Waals surface area contributed by atoms with E-state index in [1.807, 2.05) is 48.5 Å². The number of benzene rings is 3. The summed E-state index contributed by atoms with van der Waals surface area (Å²) in [4.78, 5) is 11.7. The van der Waals surface area contributed by atoms with Gasteiger partial charge in [0.15, 0.2) is 0 Å². The van der Waals surface area contributed by atoms with E-state index in [4.69, 9.17) is 14.2 Å². The molecule has 0 aromatic heterocycles. The first kappa shape index (κ1) is 22.5. The number of esters is 1. The van der Waals surface area contributed by atoms with Crippen molar-refractivity contribution in [2.75, 3.05) is 13.7 Å². The summed E-state index contributed by atoms with van der Waals surface area (Å²) < 4.78 is 17.0. The van der Waals surface area contributed by atoms with Gasteiger partial charge in [-0.2, -0.15) is 10.5 Å². The van der Waals surface area contributed by atoms with Crippen molar-refractivity contribution >= 4 is 5.97 Å². The molecule has 0 radical (unpaired) electrons. The smallest absolute Gasteiger partial charge is 0.306 e. The van der Waals surface area contributed by atoms with Crippen LogP contribution in [0.5, 0.6) is 11.5 Å². The Morgan fingerprint density at radius 3 is 2.74 bits per heavy atom. The highest BCUT2D eigenvalue weighted by atomic mass is 16.5. The number of hydrogen-bond acceptors (Lipinski definition) is 6. The Labute approximate surface area is 204 Å². The van der Waals surface area contributed by atoms with E-state index in [1.165, 1.54) is 7.11 Å². The maximum Gasteiger partial charge on any atom is 0.306 e. The van der Waals surface area contributed by atoms with E-state index in [2.05, 4.69) is 12.1 Å². The molecule has 3 aromatic carbocycles. The molecule has 6 heteroatoms. The van der Waals surface area contributed by atoms with Gasteiger partial charge in [0.25, 0.3) is 0 Å². The van der Waals surface area contributed by atoms with Gasteiger partial charge in [-0.15, -0.1) is 0 Å². The van der Waals surface area contributed by atoms with E-state index < -0.39 is 0 Å². The third-order valence-corrected chi connectivity index (χ3v) is 6.81. The predicted octanol–water partition coefficient (Wildman–Crippen LogP) is 5.13. The Kier molecular flexibility index (Phi) is 6.12. The lowest BCUT2D eigenvalue weighted by Crippen LogP contribution is -2.09. The van der Waals surface area contributed by atoms with Crippen LogP contribution in [0.15, 0.2) is 54.6 Å². The summed E-state index contributed by atoms with van der Waals surface area (Å²) in [5, 5.41) is 19.0. The molecule has 0 saturated carbocycles. The topological polar surface area (TPSA) is 92.3 Å². The zero-order valence-electron chi connectivity index (χ0n) is 19.4. The third-order valence-electron chi connectivity index (χ3n) is 6.81. The van der Waals surface area contributed by atoms with E-state index in [1.54, 1.807) is 6.07 Å². The number of rotatable bonds is 6. The first-order chi connectivity index (χ1) is 17.1. The van der Waals surface area contributed by atoms with Crippen molar-refractivity contribution in [3.05, 3.63) is 93.5 Å². The van der Waals surface area contributed by atoms with E-state index in [9.17, 15) is 15.3 Å². The molecule has 0 fully saturated rings. The van der Waals surface area contributed by atoms with Crippen molar-refractivity contribution < 1.29 is 19.0 Å². The molecule has 3 aromatic rings. The Morgan fingerprint density at radius 2 is 1.94 bits per heavy atom. The van der Waals surface area contributed by atoms with Crippen LogP contribution in [0.25, 0.3) is 0 Å². The summed E-state index contributed by atoms with van der Waals surface area (Å²) in [5.74, 6) is 1.20. The summed E-state index contributed by atoms with van der Waals surface area (Å²) in [6, 6.07) is 21.7. The van der Waals surface area contributed by atoms with Crippen LogP contribution >= 0.6 is 0 Å². The minimum Gasteiger partial charge on any atom is -0.492 e. The predicted molar refractivity (Wildman–Crippen MR) is 128 cm³/mol. The molecular weight excluding hydrogens is 440 g/mol. The molecule has 1 aliphatic carbocycles. The van der Waals surface area contributed by atoms with E-state index >= 15 is 0 Å². The molecule has 0 N–H and O–H groups in total. The average Bonchev–Trinajstić information content (AvgIpc) is 3.48. The summed E-state index contributed by atoms with van der Waals surface area (Å²) >= 11 is 0. The quantitative estimate of drug-likeness (QED) is 0.470. The molecule has 1 unspecified atom stereocenters. The largest absolute Gasteiger partial charge is 0.492 e. The second kappa shape index (κ2) is 9.52. The molecule has 0 saturated heterocycles. The fourth-order valence-corrected chi connectivity index (χ4v) is 5.07. The zero-order valence-corrected chi connectivity index (χ0v) is 19.4. The summed E-state index contributed by atoms with van der Waals surface area (Å²) in [7, 11) is 1.39. The summed E-state index contributed by atoms with van der Waals surface area (Å²) in [5.41, 5.74) is 6.55. The summed E-state index contributed by atoms with van der Waals surface area (Å²) in [6.45, 7) is 0.452. The molecule has 35 heavy (non-hydrogen) atoms. The number of fused-ring (bicyclic) bond motifs is 2. The van der Waals surface area contributed by atoms with Crippen LogP contribution in [0.2, 0.25) is 0 Å². The van der Waals surface area contributed by atoms with Crippen LogP contribution in [0.1, 0.15) is 63.8 Å². The van der Waals surface area contributed by atoms with E-state index in [-0.39, 0.29) is 18.0 Å². The second-order valence-electron chi connectivity index (χ2n) is 8.89. The molecule has 0 amide bonds. The molecular formula is C29H24N2O4. The lowest BCUT2D eigenvalue weighted by Gasteiger charge is -2.17. The number of carbonyl (C=O) groups is 1. The highest BCUT2D eigenvalue weighted by Gasteiger charge is 2.30. The number of nitrogens with zero attached hydrogens (tertiary/aromatic N) is 2. The molecule has 0 spiro atoms. The first-order valence-electron chi connectivity index (χ1n) is 11.6. The van der Waals surface area contributed by atoms with Crippen molar-refractivity contribution in [2.24, 2.45) is 0 Å². The highest BCUT2D eigenvalue weighted by molar-refractivity contribution is 5.71. The van der Waals surface area contributed by atoms with Gasteiger partial charge in [-0.25, -0.2) is 0 Å². The fourth-order valence-electron chi connectivity index (χ4n) is 5.07. The molecule has 0 bridgehead atoms. The maximum absolute atomic E-state index is 11.7. The Morgan fingerprint density at radius 1 is 1.09 bits per heavy atom. The third kappa shape index (κ3) is 4.44. The number of methoxy groups -OCH3 is 1. The molecule has 1 heterocycles. The minimum atomic E-state index is -0.249. The van der Waals surface area contributed by atoms with Crippen molar-refractivity contribution in [1.29, 1.82) is 10.5 Å². The van der Waals surface area contributed by atoms with Crippen LogP contribution in [-0.4, -0.2) is 19.7 Å². The molecule has 2 atom stereocenters. The molecule has 2 aliphatic rings. The molecule has 1 aliphatic heterocycles. The van der Waals surface area contributed by atoms with Crippen LogP contribution in [0.3, 0.4) is 0 Å². The first-order valence-corrected chi connectivity index (χ1v) is 11.6. The van der Waals surface area contributed by atoms with Crippen molar-refractivity contribution in [3.63, 3.8) is 0 Å². The molecule has 174 valence electrons. The van der Waals surface area contributed by atoms with Crippen molar-refractivity contribution in [1.82, 2.24) is 0 Å². The normalized spacial score (nSPS) is 17.5. The fraction of sp³-hybridized carbons (Fsp3) is 0.276. The van der Waals surface area contributed by atoms with Gasteiger partial charge >= 0.3 is 5.97 Å². The van der Waals surface area contributed by atoms with Gasteiger partial charge in [0, 0.05) is 17.5 Å². The molecule has 5 rings (SSSR count). The zero-order chi connectivity index (χ0) is 24.4. The lowest BCUT2D eigenvalue weighted by molar-refractivity contribution is -0.141. The Balaban J connectivity index is 1.38. The lowest BCUT2D eigenvalue weighted by atomic mass is 9.92. The van der Waals surface area contributed by atoms with Gasteiger partial charge in [0.1, 0.15) is 17.6 Å². The molecule has 6 nitrogen and oxygen atoms in total. The van der Waals surface area contributed by atoms with Gasteiger partial charge in [0.2, 0.25) is 0 Å². The SMILES string of the molecule is COC(=O)CC1COc2cc(O[C@@H]3CCc4c3ccc(C#N)c4Cc3cccc(C#N)c3)ccc21. The van der Waals surface area contributed by atoms with Crippen LogP contribution < -0.4 is 9.47 Å². The van der Waals surface area contributed by atoms with E-state index in [0.29, 0.717) is 36.3 Å². The number of carbonyl (C=O) groups excluding carboxylic acids is 1. The van der Waals surface area contributed by atoms with Gasteiger partial charge in [-0.1, -0.05) is 24.3 Å². The Bertz CT molecular complexity index is 1380. The van der Waals surface area contributed by atoms with Crippen molar-refractivity contribution in [3.8, 4) is 23.6 Å². The standard InChI is InChI=1S/C29H24N2O4/c1-33-29(32)13-21-17-34-28-14-22(6-8-23(21)28)35-27-10-9-24-25(27)7-5-20(16-31)26(24)12-18-3-2-4-19(11-18)15-30/h2-8,11,14,21,27H,9-10,12-13,17H2,1H3/t21?,27-/m1/s1. The monoisotopic (exact) mass is 464 g/mol. The average molecular weight is 465 g/mol. The van der Waals surface area contributed by atoms with Gasteiger partial charge in [-0.3, -0.25) is 4.79 Å². The van der Waals surface area contributed by atoms with Crippen LogP contribution in [0.4, 0.5) is 0 Å². The van der Waals surface area contributed by atoms with Gasteiger partial charge < -0.3 is 14.2 Å². The van der Waals surface area contributed by atoms with Crippen LogP contribution in [0, 0.1) is 22.7 Å². The maximum atomic E-state index is 11.7. The highest BCUT2D eigenvalue weighted by Crippen LogP contribution is 2.42. The van der Waals surface area contributed by atoms with Gasteiger partial charge in [-0.05, 0) is 65.8 Å². The number of ether oxygens (including phenoxy) is 3. The summed E-state index contributed by atoms with van der Waals surface area (Å²) in [6.07, 6.45) is 2.42. The van der Waals surface area contributed by atoms with Crippen LogP contribution in [-0.2, 0) is 22.4 Å². The number of hydrogen-bond donors (Lipinski definition) is 0. The second-order valence-corrected chi connectivity index (χ2v) is 8.89. The van der Waals surface area contributed by atoms with E-state index in [0.717, 1.165) is 46.4 Å². The van der Waals surface area contributed by atoms with Gasteiger partial charge in [0.05, 0.1) is 43.4 Å². The number of nitriles is 2. The van der Waals surface area contributed by atoms with Crippen molar-refractivity contribution in [2.45, 2.75) is 37.7 Å². The minimum absolute atomic E-state index is 0.00907.